The van der Waals surface area contributed by atoms with E-state index >= 15 is 0 Å². The molecule has 1 aromatic heterocycles. The molecule has 0 saturated heterocycles. The van der Waals surface area contributed by atoms with Crippen LogP contribution in [0.2, 0.25) is 0 Å². The van der Waals surface area contributed by atoms with E-state index in [9.17, 15) is 0 Å². The van der Waals surface area contributed by atoms with Gasteiger partial charge in [0.05, 0.1) is 0 Å². The summed E-state index contributed by atoms with van der Waals surface area (Å²) in [6.07, 6.45) is 4.66. The van der Waals surface area contributed by atoms with Crippen LogP contribution in [-0.4, -0.2) is 12.0 Å². The lowest BCUT2D eigenvalue weighted by atomic mass is 10.0. The van der Waals surface area contributed by atoms with Crippen molar-refractivity contribution in [1.82, 2.24) is 10.3 Å². The number of rotatable bonds is 4. The van der Waals surface area contributed by atoms with E-state index < -0.39 is 0 Å². The number of aromatic nitrogens is 1. The minimum Gasteiger partial charge on any atom is -0.313 e. The first-order chi connectivity index (χ1) is 8.31. The van der Waals surface area contributed by atoms with Crippen molar-refractivity contribution >= 4 is 15.9 Å². The van der Waals surface area contributed by atoms with Crippen LogP contribution in [0, 0.1) is 0 Å². The lowest BCUT2D eigenvalue weighted by Crippen LogP contribution is -2.19. The van der Waals surface area contributed by atoms with E-state index in [1.165, 1.54) is 11.1 Å². The Morgan fingerprint density at radius 2 is 2.06 bits per heavy atom. The van der Waals surface area contributed by atoms with Gasteiger partial charge in [0.1, 0.15) is 0 Å². The fraction of sp³-hybridized carbons (Fsp3) is 0.214. The summed E-state index contributed by atoms with van der Waals surface area (Å²) < 4.78 is 1.14. The number of nitrogens with zero attached hydrogens (tertiary/aromatic N) is 1. The van der Waals surface area contributed by atoms with E-state index in [1.54, 1.807) is 6.20 Å². The maximum absolute atomic E-state index is 4.15. The number of hydrogen-bond acceptors (Lipinski definition) is 2. The van der Waals surface area contributed by atoms with Gasteiger partial charge in [-0.15, -0.1) is 0 Å². The number of halogens is 1. The second-order valence-corrected chi connectivity index (χ2v) is 4.78. The fourth-order valence-corrected chi connectivity index (χ4v) is 2.44. The van der Waals surface area contributed by atoms with Gasteiger partial charge in [0, 0.05) is 22.9 Å². The number of pyridine rings is 1. The third-order valence-corrected chi connectivity index (χ3v) is 3.51. The molecule has 1 atom stereocenters. The Balaban J connectivity index is 2.21. The minimum absolute atomic E-state index is 0.301. The van der Waals surface area contributed by atoms with Crippen molar-refractivity contribution in [2.24, 2.45) is 0 Å². The topological polar surface area (TPSA) is 24.9 Å². The molecule has 0 fully saturated rings. The first kappa shape index (κ1) is 12.3. The highest BCUT2D eigenvalue weighted by Crippen LogP contribution is 2.25. The van der Waals surface area contributed by atoms with Gasteiger partial charge in [-0.05, 0) is 36.7 Å². The third-order valence-electron chi connectivity index (χ3n) is 2.79. The molecular formula is C14H15BrN2. The van der Waals surface area contributed by atoms with Gasteiger partial charge in [0.2, 0.25) is 0 Å². The highest BCUT2D eigenvalue weighted by molar-refractivity contribution is 9.10. The summed E-state index contributed by atoms with van der Waals surface area (Å²) in [4.78, 5) is 4.15. The molecule has 2 nitrogen and oxygen atoms in total. The molecule has 88 valence electrons. The van der Waals surface area contributed by atoms with E-state index in [2.05, 4.69) is 50.5 Å². The quantitative estimate of drug-likeness (QED) is 0.934. The Morgan fingerprint density at radius 1 is 1.24 bits per heavy atom. The number of nitrogens with one attached hydrogen (secondary N) is 1. The van der Waals surface area contributed by atoms with Crippen molar-refractivity contribution in [3.8, 4) is 0 Å². The fourth-order valence-electron chi connectivity index (χ4n) is 1.88. The van der Waals surface area contributed by atoms with Crippen LogP contribution in [0.4, 0.5) is 0 Å². The van der Waals surface area contributed by atoms with Crippen molar-refractivity contribution in [3.05, 3.63) is 64.4 Å². The number of likely N-dealkylation sites (N-methyl/N-ethyl adjacent to an activating group) is 1. The van der Waals surface area contributed by atoms with Crippen LogP contribution in [-0.2, 0) is 6.42 Å². The maximum atomic E-state index is 4.15. The molecule has 0 amide bonds. The smallest absolute Gasteiger partial charge is 0.0370 e. The van der Waals surface area contributed by atoms with E-state index in [0.29, 0.717) is 6.04 Å². The summed E-state index contributed by atoms with van der Waals surface area (Å²) in [6.45, 7) is 0. The van der Waals surface area contributed by atoms with Gasteiger partial charge in [-0.1, -0.05) is 40.2 Å². The Morgan fingerprint density at radius 3 is 2.71 bits per heavy atom. The van der Waals surface area contributed by atoms with Crippen LogP contribution in [0.1, 0.15) is 17.2 Å². The van der Waals surface area contributed by atoms with Gasteiger partial charge in [-0.25, -0.2) is 0 Å². The zero-order chi connectivity index (χ0) is 12.1. The summed E-state index contributed by atoms with van der Waals surface area (Å²) in [6, 6.07) is 12.7. The molecule has 1 aromatic carbocycles. The molecule has 0 aliphatic heterocycles. The zero-order valence-corrected chi connectivity index (χ0v) is 11.3. The van der Waals surface area contributed by atoms with Gasteiger partial charge < -0.3 is 5.32 Å². The van der Waals surface area contributed by atoms with Crippen molar-refractivity contribution in [1.29, 1.82) is 0 Å². The van der Waals surface area contributed by atoms with Crippen LogP contribution in [0.15, 0.2) is 53.3 Å². The summed E-state index contributed by atoms with van der Waals surface area (Å²) in [5.74, 6) is 0. The van der Waals surface area contributed by atoms with E-state index in [-0.39, 0.29) is 0 Å². The first-order valence-electron chi connectivity index (χ1n) is 5.62. The monoisotopic (exact) mass is 290 g/mol. The van der Waals surface area contributed by atoms with E-state index in [1.807, 2.05) is 25.4 Å². The highest BCUT2D eigenvalue weighted by Gasteiger charge is 2.12. The molecule has 0 aliphatic carbocycles. The van der Waals surface area contributed by atoms with Gasteiger partial charge >= 0.3 is 0 Å². The molecule has 0 spiro atoms. The Bertz CT molecular complexity index is 471. The average molecular weight is 291 g/mol. The van der Waals surface area contributed by atoms with Crippen molar-refractivity contribution in [2.45, 2.75) is 12.5 Å². The van der Waals surface area contributed by atoms with Crippen molar-refractivity contribution in [3.63, 3.8) is 0 Å². The normalized spacial score (nSPS) is 12.4. The standard InChI is InChI=1S/C14H15BrN2/c1-16-14(9-11-5-4-8-17-10-11)12-6-2-3-7-13(12)15/h2-8,10,14,16H,9H2,1H3. The van der Waals surface area contributed by atoms with Crippen LogP contribution < -0.4 is 5.32 Å². The number of hydrogen-bond donors (Lipinski definition) is 1. The summed E-state index contributed by atoms with van der Waals surface area (Å²) in [7, 11) is 1.99. The second kappa shape index (κ2) is 5.94. The lowest BCUT2D eigenvalue weighted by molar-refractivity contribution is 0.589. The van der Waals surface area contributed by atoms with Gasteiger partial charge in [0.25, 0.3) is 0 Å². The highest BCUT2D eigenvalue weighted by atomic mass is 79.9. The molecular weight excluding hydrogens is 276 g/mol. The van der Waals surface area contributed by atoms with E-state index in [0.717, 1.165) is 10.9 Å². The van der Waals surface area contributed by atoms with Gasteiger partial charge in [-0.2, -0.15) is 0 Å². The van der Waals surface area contributed by atoms with Gasteiger partial charge in [-0.3, -0.25) is 4.98 Å². The van der Waals surface area contributed by atoms with Crippen LogP contribution in [0.25, 0.3) is 0 Å². The summed E-state index contributed by atoms with van der Waals surface area (Å²) in [5, 5.41) is 3.35. The molecule has 3 heteroatoms. The first-order valence-corrected chi connectivity index (χ1v) is 6.41. The summed E-state index contributed by atoms with van der Waals surface area (Å²) >= 11 is 3.60. The van der Waals surface area contributed by atoms with Crippen LogP contribution in [0.3, 0.4) is 0 Å². The molecule has 0 bridgehead atoms. The van der Waals surface area contributed by atoms with Gasteiger partial charge in [0.15, 0.2) is 0 Å². The molecule has 0 radical (unpaired) electrons. The molecule has 17 heavy (non-hydrogen) atoms. The third kappa shape index (κ3) is 3.14. The molecule has 0 aliphatic rings. The molecule has 1 unspecified atom stereocenters. The minimum atomic E-state index is 0.301. The predicted molar refractivity (Wildman–Crippen MR) is 73.9 cm³/mol. The second-order valence-electron chi connectivity index (χ2n) is 3.93. The maximum Gasteiger partial charge on any atom is 0.0370 e. The molecule has 2 rings (SSSR count). The largest absolute Gasteiger partial charge is 0.313 e. The van der Waals surface area contributed by atoms with Crippen molar-refractivity contribution < 1.29 is 0 Å². The molecule has 2 aromatic rings. The summed E-state index contributed by atoms with van der Waals surface area (Å²) in [5.41, 5.74) is 2.52. The zero-order valence-electron chi connectivity index (χ0n) is 9.73. The Hall–Kier alpha value is -1.19. The lowest BCUT2D eigenvalue weighted by Gasteiger charge is -2.18. The van der Waals surface area contributed by atoms with Crippen LogP contribution >= 0.6 is 15.9 Å². The molecule has 1 heterocycles. The number of benzene rings is 1. The van der Waals surface area contributed by atoms with Crippen molar-refractivity contribution in [2.75, 3.05) is 7.05 Å². The molecule has 0 saturated carbocycles. The average Bonchev–Trinajstić information content (AvgIpc) is 2.38. The Kier molecular flexibility index (Phi) is 4.29. The Labute approximate surface area is 110 Å². The molecule has 1 N–H and O–H groups in total. The van der Waals surface area contributed by atoms with Crippen LogP contribution in [0.5, 0.6) is 0 Å². The predicted octanol–water partition coefficient (Wildman–Crippen LogP) is 3.35. The van der Waals surface area contributed by atoms with E-state index in [4.69, 9.17) is 0 Å². The SMILES string of the molecule is CNC(Cc1cccnc1)c1ccccc1Br.